The van der Waals surface area contributed by atoms with Crippen LogP contribution in [-0.2, 0) is 20.2 Å². The van der Waals surface area contributed by atoms with E-state index in [2.05, 4.69) is 0 Å². The number of halogens is 2. The van der Waals surface area contributed by atoms with Crippen LogP contribution in [0.1, 0.15) is 20.7 Å². The minimum Gasteiger partial charge on any atom is -0.478 e. The molecule has 1 aliphatic carbocycles. The predicted octanol–water partition coefficient (Wildman–Crippen LogP) is 3.46. The van der Waals surface area contributed by atoms with E-state index in [0.29, 0.717) is 0 Å². The first-order chi connectivity index (χ1) is 17.5. The van der Waals surface area contributed by atoms with E-state index in [-0.39, 0.29) is 16.5 Å². The number of hydrogen-bond donors (Lipinski definition) is 6. The Kier molecular flexibility index (Phi) is 6.42. The molecule has 2 aromatic carbocycles. The Hall–Kier alpha value is -3.73. The number of nitrogens with two attached hydrogens (primary N) is 1. The molecular formula is C21H12Cl2N2O11S2. The lowest BCUT2D eigenvalue weighted by Crippen LogP contribution is -2.17. The van der Waals surface area contributed by atoms with Crippen LogP contribution in [0.15, 0.2) is 44.5 Å². The first-order valence-corrected chi connectivity index (χ1v) is 13.4. The fourth-order valence-corrected chi connectivity index (χ4v) is 6.10. The smallest absolute Gasteiger partial charge is 0.337 e. The van der Waals surface area contributed by atoms with Crippen LogP contribution < -0.4 is 11.1 Å². The number of nitrogens with one attached hydrogen (secondary N) is 1. The Balaban J connectivity index is 2.45. The Bertz CT molecular complexity index is 1990. The van der Waals surface area contributed by atoms with Crippen LogP contribution in [0.25, 0.3) is 33.4 Å². The number of nitrogen functional groups attached to an aromatic ring is 1. The second kappa shape index (κ2) is 8.93. The van der Waals surface area contributed by atoms with Crippen molar-refractivity contribution in [3.63, 3.8) is 0 Å². The lowest BCUT2D eigenvalue weighted by Gasteiger charge is -2.21. The molecule has 0 saturated heterocycles. The van der Waals surface area contributed by atoms with Crippen molar-refractivity contribution in [1.29, 1.82) is 5.41 Å². The average Bonchev–Trinajstić information content (AvgIpc) is 2.76. The SMILES string of the molecule is N=c1ccc2c(-c3c(Cl)cc(C(=O)O)c(Cl)c3C(=O)O)c3ccc(N)c(S(=O)(=O)O)c3oc-2c1S(=O)(=O)O. The molecule has 0 atom stereocenters. The summed E-state index contributed by atoms with van der Waals surface area (Å²) in [7, 11) is -10.4. The Labute approximate surface area is 222 Å². The van der Waals surface area contributed by atoms with Crippen LogP contribution in [0.5, 0.6) is 0 Å². The molecule has 0 radical (unpaired) electrons. The van der Waals surface area contributed by atoms with Crippen molar-refractivity contribution in [3.05, 3.63) is 56.9 Å². The standard InChI is InChI=1S/C21H12Cl2N2O11S2/c22-9-5-8(20(26)27)15(23)14(21(28)29)13(9)12-6-1-3-10(24)18(37(30,31)32)16(6)36-17-7(12)2-4-11(25)19(17)38(33,34)35/h1-5,24H,25H2,(H,26,27)(H,28,29)(H,30,31,32)(H,33,34,35). The molecular weight excluding hydrogens is 591 g/mol. The highest BCUT2D eigenvalue weighted by atomic mass is 35.5. The van der Waals surface area contributed by atoms with Crippen molar-refractivity contribution in [1.82, 2.24) is 0 Å². The third-order valence-corrected chi connectivity index (χ3v) is 7.97. The number of carbonyl (C=O) groups is 2. The lowest BCUT2D eigenvalue weighted by molar-refractivity contribution is 0.0696. The van der Waals surface area contributed by atoms with Crippen molar-refractivity contribution >= 4 is 72.0 Å². The van der Waals surface area contributed by atoms with Gasteiger partial charge in [-0.1, -0.05) is 23.2 Å². The van der Waals surface area contributed by atoms with Crippen LogP contribution in [-0.4, -0.2) is 48.1 Å². The molecule has 0 spiro atoms. The summed E-state index contributed by atoms with van der Waals surface area (Å²) in [4.78, 5) is 21.7. The molecule has 17 heteroatoms. The summed E-state index contributed by atoms with van der Waals surface area (Å²) in [5.74, 6) is -4.23. The molecule has 0 saturated carbocycles. The quantitative estimate of drug-likeness (QED) is 0.109. The minimum absolute atomic E-state index is 0.290. The maximum absolute atomic E-state index is 12.3. The van der Waals surface area contributed by atoms with Gasteiger partial charge in [0.1, 0.15) is 0 Å². The predicted molar refractivity (Wildman–Crippen MR) is 132 cm³/mol. The normalized spacial score (nSPS) is 12.2. The van der Waals surface area contributed by atoms with E-state index in [0.717, 1.165) is 30.3 Å². The van der Waals surface area contributed by atoms with Gasteiger partial charge in [-0.25, -0.2) is 9.59 Å². The summed E-state index contributed by atoms with van der Waals surface area (Å²) in [6, 6.07) is 4.98. The summed E-state index contributed by atoms with van der Waals surface area (Å²) in [6.45, 7) is 0. The summed E-state index contributed by atoms with van der Waals surface area (Å²) in [6.07, 6.45) is 0. The summed E-state index contributed by atoms with van der Waals surface area (Å²) in [5, 5.41) is 25.0. The number of aromatic carboxylic acids is 2. The molecule has 2 aliphatic rings. The number of hydrogen-bond acceptors (Lipinski definition) is 9. The molecule has 1 heterocycles. The number of benzene rings is 3. The second-order valence-electron chi connectivity index (χ2n) is 7.69. The van der Waals surface area contributed by atoms with Crippen LogP contribution in [0, 0.1) is 5.41 Å². The van der Waals surface area contributed by atoms with Crippen LogP contribution in [0.2, 0.25) is 10.0 Å². The summed E-state index contributed by atoms with van der Waals surface area (Å²) < 4.78 is 74.0. The van der Waals surface area contributed by atoms with Crippen LogP contribution in [0.3, 0.4) is 0 Å². The fraction of sp³-hybridized carbons (Fsp3) is 0. The second-order valence-corrected chi connectivity index (χ2v) is 11.2. The highest BCUT2D eigenvalue weighted by molar-refractivity contribution is 7.86. The van der Waals surface area contributed by atoms with E-state index in [9.17, 15) is 45.7 Å². The van der Waals surface area contributed by atoms with E-state index < -0.39 is 91.1 Å². The van der Waals surface area contributed by atoms with Crippen molar-refractivity contribution in [2.24, 2.45) is 0 Å². The molecule has 13 nitrogen and oxygen atoms in total. The van der Waals surface area contributed by atoms with Crippen molar-refractivity contribution in [2.75, 3.05) is 5.73 Å². The third kappa shape index (κ3) is 4.24. The highest BCUT2D eigenvalue weighted by Crippen LogP contribution is 2.49. The molecule has 38 heavy (non-hydrogen) atoms. The van der Waals surface area contributed by atoms with E-state index in [1.165, 1.54) is 0 Å². The van der Waals surface area contributed by atoms with Gasteiger partial charge in [-0.2, -0.15) is 16.8 Å². The molecule has 0 fully saturated rings. The van der Waals surface area contributed by atoms with E-state index >= 15 is 0 Å². The third-order valence-electron chi connectivity index (χ3n) is 5.42. The Morgan fingerprint density at radius 1 is 0.895 bits per heavy atom. The maximum Gasteiger partial charge on any atom is 0.337 e. The zero-order valence-corrected chi connectivity index (χ0v) is 21.3. The van der Waals surface area contributed by atoms with E-state index in [1.807, 2.05) is 0 Å². The number of fused-ring (bicyclic) bond motifs is 2. The molecule has 1 aliphatic heterocycles. The van der Waals surface area contributed by atoms with Gasteiger partial charge < -0.3 is 20.4 Å². The molecule has 0 aromatic heterocycles. The molecule has 0 unspecified atom stereocenters. The number of carboxylic acid groups (broad SMARTS) is 2. The van der Waals surface area contributed by atoms with E-state index in [4.69, 9.17) is 38.8 Å². The van der Waals surface area contributed by atoms with Gasteiger partial charge in [0.05, 0.1) is 32.2 Å². The van der Waals surface area contributed by atoms with Gasteiger partial charge in [0, 0.05) is 22.1 Å². The lowest BCUT2D eigenvalue weighted by atomic mass is 9.89. The Morgan fingerprint density at radius 3 is 2.03 bits per heavy atom. The zero-order chi connectivity index (χ0) is 28.5. The van der Waals surface area contributed by atoms with Crippen LogP contribution >= 0.6 is 23.2 Å². The molecule has 7 N–H and O–H groups in total. The van der Waals surface area contributed by atoms with Crippen LogP contribution in [0.4, 0.5) is 5.69 Å². The van der Waals surface area contributed by atoms with Gasteiger partial charge in [-0.15, -0.1) is 0 Å². The van der Waals surface area contributed by atoms with Gasteiger partial charge in [-0.05, 0) is 30.3 Å². The first-order valence-electron chi connectivity index (χ1n) is 9.77. The highest BCUT2D eigenvalue weighted by Gasteiger charge is 2.34. The first kappa shape index (κ1) is 27.3. The van der Waals surface area contributed by atoms with Crippen molar-refractivity contribution in [3.8, 4) is 22.5 Å². The van der Waals surface area contributed by atoms with Gasteiger partial charge in [-0.3, -0.25) is 14.5 Å². The summed E-state index contributed by atoms with van der Waals surface area (Å²) in [5.41, 5.74) is 1.67. The molecule has 0 amide bonds. The van der Waals surface area contributed by atoms with Gasteiger partial charge in [0.15, 0.2) is 21.1 Å². The number of anilines is 1. The Morgan fingerprint density at radius 2 is 1.50 bits per heavy atom. The van der Waals surface area contributed by atoms with Crippen molar-refractivity contribution < 1.29 is 50.2 Å². The largest absolute Gasteiger partial charge is 0.478 e. The average molecular weight is 603 g/mol. The van der Waals surface area contributed by atoms with Gasteiger partial charge in [0.2, 0.25) is 0 Å². The fourth-order valence-electron chi connectivity index (χ4n) is 4.00. The van der Waals surface area contributed by atoms with Gasteiger partial charge >= 0.3 is 11.9 Å². The number of carboxylic acids is 2. The van der Waals surface area contributed by atoms with E-state index in [1.54, 1.807) is 0 Å². The van der Waals surface area contributed by atoms with Crippen molar-refractivity contribution in [2.45, 2.75) is 9.79 Å². The molecule has 2 aromatic rings. The molecule has 198 valence electrons. The number of rotatable bonds is 5. The minimum atomic E-state index is -5.23. The monoisotopic (exact) mass is 602 g/mol. The zero-order valence-electron chi connectivity index (χ0n) is 18.2. The topological polar surface area (TPSA) is 246 Å². The maximum atomic E-state index is 12.3. The summed E-state index contributed by atoms with van der Waals surface area (Å²) >= 11 is 12.5. The molecule has 4 rings (SSSR count). The molecule has 0 bridgehead atoms. The van der Waals surface area contributed by atoms with Gasteiger partial charge in [0.25, 0.3) is 20.2 Å².